The highest BCUT2D eigenvalue weighted by Crippen LogP contribution is 2.21. The topological polar surface area (TPSA) is 49.4 Å². The Kier molecular flexibility index (Phi) is 5.33. The molecule has 0 saturated heterocycles. The molecule has 1 aromatic carbocycles. The molecule has 1 fully saturated rings. The molecule has 1 aliphatic carbocycles. The second kappa shape index (κ2) is 7.02. The van der Waals surface area contributed by atoms with Crippen LogP contribution in [-0.4, -0.2) is 31.9 Å². The van der Waals surface area contributed by atoms with E-state index >= 15 is 0 Å². The van der Waals surface area contributed by atoms with Crippen LogP contribution in [0.1, 0.15) is 18.4 Å². The fraction of sp³-hybridized carbons (Fsp3) is 0.375. The molecule has 5 heteroatoms. The molecule has 0 atom stereocenters. The largest absolute Gasteiger partial charge is 0.310 e. The van der Waals surface area contributed by atoms with Crippen LogP contribution in [0.4, 0.5) is 0 Å². The van der Waals surface area contributed by atoms with Crippen LogP contribution in [0.5, 0.6) is 0 Å². The van der Waals surface area contributed by atoms with Crippen LogP contribution in [0.2, 0.25) is 0 Å². The monoisotopic (exact) mass is 306 g/mol. The summed E-state index contributed by atoms with van der Waals surface area (Å²) in [5.74, 6) is 0. The second-order valence-corrected chi connectivity index (χ2v) is 7.14. The van der Waals surface area contributed by atoms with Crippen molar-refractivity contribution in [1.82, 2.24) is 9.62 Å². The molecular formula is C16H22N2O2S. The summed E-state index contributed by atoms with van der Waals surface area (Å²) in [7, 11) is -3.51. The molecule has 0 spiro atoms. The maximum absolute atomic E-state index is 12.6. The molecule has 1 aromatic rings. The minimum atomic E-state index is -3.51. The van der Waals surface area contributed by atoms with E-state index in [0.29, 0.717) is 17.5 Å². The third-order valence-electron chi connectivity index (χ3n) is 3.37. The van der Waals surface area contributed by atoms with E-state index in [2.05, 4.69) is 18.5 Å². The standard InChI is InChI=1S/C16H22N2O2S/c1-3-10-18(11-4-2)21(19,20)16-7-5-6-14(12-16)13-17-15-8-9-15/h3-7,12,15,17H,1-2,8-11,13H2. The Morgan fingerprint density at radius 2 is 1.90 bits per heavy atom. The predicted molar refractivity (Wildman–Crippen MR) is 85.5 cm³/mol. The lowest BCUT2D eigenvalue weighted by molar-refractivity contribution is 0.474. The van der Waals surface area contributed by atoms with Gasteiger partial charge in [-0.3, -0.25) is 0 Å². The first-order valence-corrected chi connectivity index (χ1v) is 8.56. The van der Waals surface area contributed by atoms with Crippen LogP contribution in [0.25, 0.3) is 0 Å². The maximum Gasteiger partial charge on any atom is 0.243 e. The lowest BCUT2D eigenvalue weighted by atomic mass is 10.2. The number of nitrogens with zero attached hydrogens (tertiary/aromatic N) is 1. The quantitative estimate of drug-likeness (QED) is 0.712. The lowest BCUT2D eigenvalue weighted by Crippen LogP contribution is -2.31. The smallest absolute Gasteiger partial charge is 0.243 e. The zero-order chi connectivity index (χ0) is 15.3. The van der Waals surface area contributed by atoms with E-state index in [1.165, 1.54) is 17.1 Å². The molecule has 0 aromatic heterocycles. The van der Waals surface area contributed by atoms with E-state index in [9.17, 15) is 8.42 Å². The summed E-state index contributed by atoms with van der Waals surface area (Å²) in [5, 5.41) is 3.39. The summed E-state index contributed by atoms with van der Waals surface area (Å²) in [6.07, 6.45) is 5.59. The van der Waals surface area contributed by atoms with Crippen LogP contribution in [-0.2, 0) is 16.6 Å². The van der Waals surface area contributed by atoms with E-state index in [1.54, 1.807) is 30.4 Å². The van der Waals surface area contributed by atoms with E-state index in [1.807, 2.05) is 6.07 Å². The van der Waals surface area contributed by atoms with Gasteiger partial charge in [0.1, 0.15) is 0 Å². The van der Waals surface area contributed by atoms with Crippen molar-refractivity contribution in [3.05, 3.63) is 55.1 Å². The van der Waals surface area contributed by atoms with Crippen molar-refractivity contribution in [3.63, 3.8) is 0 Å². The summed E-state index contributed by atoms with van der Waals surface area (Å²) >= 11 is 0. The van der Waals surface area contributed by atoms with Crippen molar-refractivity contribution in [3.8, 4) is 0 Å². The molecule has 0 aliphatic heterocycles. The van der Waals surface area contributed by atoms with Gasteiger partial charge in [0.15, 0.2) is 0 Å². The number of hydrogen-bond acceptors (Lipinski definition) is 3. The van der Waals surface area contributed by atoms with Gasteiger partial charge in [-0.1, -0.05) is 24.3 Å². The molecule has 0 radical (unpaired) electrons. The van der Waals surface area contributed by atoms with Gasteiger partial charge >= 0.3 is 0 Å². The van der Waals surface area contributed by atoms with Gasteiger partial charge in [-0.15, -0.1) is 13.2 Å². The number of sulfonamides is 1. The molecule has 4 nitrogen and oxygen atoms in total. The van der Waals surface area contributed by atoms with E-state index in [-0.39, 0.29) is 13.1 Å². The van der Waals surface area contributed by atoms with Crippen molar-refractivity contribution < 1.29 is 8.42 Å². The summed E-state index contributed by atoms with van der Waals surface area (Å²) in [4.78, 5) is 0.321. The Bertz CT molecular complexity index is 596. The average Bonchev–Trinajstić information content (AvgIpc) is 3.29. The fourth-order valence-electron chi connectivity index (χ4n) is 2.07. The first-order chi connectivity index (χ1) is 10.1. The van der Waals surface area contributed by atoms with Crippen molar-refractivity contribution in [2.24, 2.45) is 0 Å². The highest BCUT2D eigenvalue weighted by molar-refractivity contribution is 7.89. The van der Waals surface area contributed by atoms with Gasteiger partial charge in [-0.2, -0.15) is 4.31 Å². The minimum Gasteiger partial charge on any atom is -0.310 e. The number of rotatable bonds is 9. The summed E-state index contributed by atoms with van der Waals surface area (Å²) in [6.45, 7) is 8.48. The van der Waals surface area contributed by atoms with Gasteiger partial charge < -0.3 is 5.32 Å². The third-order valence-corrected chi connectivity index (χ3v) is 5.20. The SMILES string of the molecule is C=CCN(CC=C)S(=O)(=O)c1cccc(CNC2CC2)c1. The van der Waals surface area contributed by atoms with Crippen molar-refractivity contribution >= 4 is 10.0 Å². The zero-order valence-corrected chi connectivity index (χ0v) is 13.0. The highest BCUT2D eigenvalue weighted by atomic mass is 32.2. The third kappa shape index (κ3) is 4.27. The highest BCUT2D eigenvalue weighted by Gasteiger charge is 2.23. The normalized spacial score (nSPS) is 15.1. The van der Waals surface area contributed by atoms with Crippen LogP contribution in [0.15, 0.2) is 54.5 Å². The maximum atomic E-state index is 12.6. The molecule has 2 rings (SSSR count). The molecule has 1 aliphatic rings. The minimum absolute atomic E-state index is 0.277. The van der Waals surface area contributed by atoms with Crippen molar-refractivity contribution in [1.29, 1.82) is 0 Å². The van der Waals surface area contributed by atoms with Gasteiger partial charge in [-0.05, 0) is 30.5 Å². The fourth-order valence-corrected chi connectivity index (χ4v) is 3.53. The second-order valence-electron chi connectivity index (χ2n) is 5.20. The number of benzene rings is 1. The van der Waals surface area contributed by atoms with Gasteiger partial charge in [0, 0.05) is 25.7 Å². The van der Waals surface area contributed by atoms with Crippen molar-refractivity contribution in [2.45, 2.75) is 30.3 Å². The van der Waals surface area contributed by atoms with Gasteiger partial charge in [0.25, 0.3) is 0 Å². The van der Waals surface area contributed by atoms with Crippen LogP contribution < -0.4 is 5.32 Å². The van der Waals surface area contributed by atoms with Gasteiger partial charge in [-0.25, -0.2) is 8.42 Å². The Balaban J connectivity index is 2.18. The Hall–Kier alpha value is -1.43. The summed E-state index contributed by atoms with van der Waals surface area (Å²) in [5.41, 5.74) is 0.986. The van der Waals surface area contributed by atoms with Crippen LogP contribution in [0, 0.1) is 0 Å². The summed E-state index contributed by atoms with van der Waals surface area (Å²) < 4.78 is 26.6. The first kappa shape index (κ1) is 15.9. The molecule has 1 saturated carbocycles. The Morgan fingerprint density at radius 1 is 1.24 bits per heavy atom. The summed E-state index contributed by atoms with van der Waals surface area (Å²) in [6, 6.07) is 7.71. The average molecular weight is 306 g/mol. The molecule has 21 heavy (non-hydrogen) atoms. The predicted octanol–water partition coefficient (Wildman–Crippen LogP) is 2.30. The zero-order valence-electron chi connectivity index (χ0n) is 12.2. The molecule has 0 bridgehead atoms. The van der Waals surface area contributed by atoms with E-state index < -0.39 is 10.0 Å². The Morgan fingerprint density at radius 3 is 2.48 bits per heavy atom. The van der Waals surface area contributed by atoms with Crippen LogP contribution >= 0.6 is 0 Å². The van der Waals surface area contributed by atoms with Gasteiger partial charge in [0.2, 0.25) is 10.0 Å². The molecule has 1 N–H and O–H groups in total. The number of hydrogen-bond donors (Lipinski definition) is 1. The molecule has 114 valence electrons. The molecular weight excluding hydrogens is 284 g/mol. The van der Waals surface area contributed by atoms with E-state index in [4.69, 9.17) is 0 Å². The molecule has 0 heterocycles. The van der Waals surface area contributed by atoms with E-state index in [0.717, 1.165) is 5.56 Å². The van der Waals surface area contributed by atoms with Crippen molar-refractivity contribution in [2.75, 3.05) is 13.1 Å². The molecule has 0 amide bonds. The van der Waals surface area contributed by atoms with Crippen LogP contribution in [0.3, 0.4) is 0 Å². The molecule has 0 unspecified atom stereocenters. The lowest BCUT2D eigenvalue weighted by Gasteiger charge is -2.19. The number of nitrogens with one attached hydrogen (secondary N) is 1. The Labute approximate surface area is 127 Å². The first-order valence-electron chi connectivity index (χ1n) is 7.12. The van der Waals surface area contributed by atoms with Gasteiger partial charge in [0.05, 0.1) is 4.90 Å².